The Hall–Kier alpha value is -3.50. The maximum atomic E-state index is 14.5. The van der Waals surface area contributed by atoms with Gasteiger partial charge in [-0.25, -0.2) is 0 Å². The fourth-order valence-electron chi connectivity index (χ4n) is 7.38. The molecule has 45 heavy (non-hydrogen) atoms. The molecule has 1 spiro atoms. The molecule has 0 radical (unpaired) electrons. The number of hydrogen-bond acceptors (Lipinski definition) is 7. The number of carbonyl (C=O) groups is 4. The highest BCUT2D eigenvalue weighted by molar-refractivity contribution is 5.99. The molecule has 7 atom stereocenters. The van der Waals surface area contributed by atoms with Crippen LogP contribution in [0, 0.1) is 17.8 Å². The van der Waals surface area contributed by atoms with Crippen LogP contribution in [0.5, 0.6) is 0 Å². The number of carbonyl (C=O) groups excluding carboxylic acids is 4. The molecule has 3 fully saturated rings. The minimum absolute atomic E-state index is 0.0765. The Morgan fingerprint density at radius 2 is 1.89 bits per heavy atom. The zero-order chi connectivity index (χ0) is 32.9. The number of aliphatic hydroxyl groups excluding tert-OH is 1. The molecule has 10 heteroatoms. The summed E-state index contributed by atoms with van der Waals surface area (Å²) in [5.74, 6) is -2.99. The zero-order valence-corrected chi connectivity index (χ0v) is 27.0. The van der Waals surface area contributed by atoms with Crippen LogP contribution < -0.4 is 5.32 Å². The third-order valence-corrected chi connectivity index (χ3v) is 9.34. The minimum atomic E-state index is -1.20. The topological polar surface area (TPSA) is 125 Å². The number of nitrogens with one attached hydrogen (secondary N) is 1. The van der Waals surface area contributed by atoms with Gasteiger partial charge in [0.25, 0.3) is 0 Å². The van der Waals surface area contributed by atoms with Gasteiger partial charge in [-0.3, -0.25) is 19.2 Å². The molecule has 1 aromatic rings. The van der Waals surface area contributed by atoms with E-state index in [4.69, 9.17) is 9.47 Å². The monoisotopic (exact) mass is 623 g/mol. The van der Waals surface area contributed by atoms with E-state index in [1.807, 2.05) is 58.0 Å². The molecule has 0 unspecified atom stereocenters. The van der Waals surface area contributed by atoms with Gasteiger partial charge in [-0.05, 0) is 51.0 Å². The van der Waals surface area contributed by atoms with Gasteiger partial charge < -0.3 is 29.7 Å². The van der Waals surface area contributed by atoms with Gasteiger partial charge in [0.15, 0.2) is 0 Å². The highest BCUT2D eigenvalue weighted by Crippen LogP contribution is 2.59. The van der Waals surface area contributed by atoms with Gasteiger partial charge in [-0.2, -0.15) is 0 Å². The number of esters is 1. The van der Waals surface area contributed by atoms with Crippen LogP contribution in [0.15, 0.2) is 55.6 Å². The Balaban J connectivity index is 1.68. The number of likely N-dealkylation sites (tertiary alicyclic amines) is 1. The van der Waals surface area contributed by atoms with Crippen molar-refractivity contribution in [2.45, 2.75) is 95.7 Å². The average molecular weight is 624 g/mol. The van der Waals surface area contributed by atoms with Crippen molar-refractivity contribution < 1.29 is 33.8 Å². The quantitative estimate of drug-likeness (QED) is 0.213. The highest BCUT2D eigenvalue weighted by atomic mass is 16.5. The molecular formula is C35H49N3O7. The Labute approximate surface area is 266 Å². The average Bonchev–Trinajstić information content (AvgIpc) is 3.66. The largest absolute Gasteiger partial charge is 0.463 e. The van der Waals surface area contributed by atoms with Gasteiger partial charge in [-0.1, -0.05) is 56.3 Å². The van der Waals surface area contributed by atoms with Crippen LogP contribution in [0.3, 0.4) is 0 Å². The molecule has 10 nitrogen and oxygen atoms in total. The smallest absolute Gasteiger partial charge is 0.306 e. The molecule has 0 saturated carbocycles. The van der Waals surface area contributed by atoms with E-state index in [1.54, 1.807) is 17.1 Å². The Morgan fingerprint density at radius 3 is 2.49 bits per heavy atom. The first kappa shape index (κ1) is 34.4. The number of fused-ring (bicyclic) bond motifs is 1. The van der Waals surface area contributed by atoms with Gasteiger partial charge in [0.1, 0.15) is 18.2 Å². The van der Waals surface area contributed by atoms with Crippen LogP contribution >= 0.6 is 0 Å². The summed E-state index contributed by atoms with van der Waals surface area (Å²) in [6.07, 6.45) is 4.88. The standard InChI is InChI=1S/C35H49N3O7/c1-7-9-15-28(40)44-21-26(24-13-11-10-12-14-24)36-32(41)29-27-16-17-35(45-27)30(29)33(42)38(25(20-39)19-22(3)4)31(35)34(43)37(18-8-2)23(5)6/h7-8,10-14,22-23,25-27,29-31,39H,1-2,9,15-21H2,3-6H3,(H,36,41)/t25-,26-,27-,29+,30+,31-,35+/m1/s1. The third kappa shape index (κ3) is 6.87. The first-order valence-corrected chi connectivity index (χ1v) is 16.1. The van der Waals surface area contributed by atoms with Crippen molar-refractivity contribution in [3.63, 3.8) is 0 Å². The minimum Gasteiger partial charge on any atom is -0.463 e. The Morgan fingerprint density at radius 1 is 1.18 bits per heavy atom. The number of amides is 3. The van der Waals surface area contributed by atoms with Gasteiger partial charge in [0.2, 0.25) is 17.7 Å². The second-order valence-corrected chi connectivity index (χ2v) is 13.1. The van der Waals surface area contributed by atoms with E-state index in [0.717, 1.165) is 5.56 Å². The maximum Gasteiger partial charge on any atom is 0.306 e. The lowest BCUT2D eigenvalue weighted by atomic mass is 9.70. The summed E-state index contributed by atoms with van der Waals surface area (Å²) in [6.45, 7) is 15.2. The summed E-state index contributed by atoms with van der Waals surface area (Å²) in [7, 11) is 0. The van der Waals surface area contributed by atoms with Crippen LogP contribution in [0.2, 0.25) is 0 Å². The lowest BCUT2D eigenvalue weighted by Crippen LogP contribution is -2.60. The van der Waals surface area contributed by atoms with Gasteiger partial charge in [0.05, 0.1) is 36.6 Å². The predicted molar refractivity (Wildman–Crippen MR) is 170 cm³/mol. The summed E-state index contributed by atoms with van der Waals surface area (Å²) < 4.78 is 12.1. The molecule has 246 valence electrons. The van der Waals surface area contributed by atoms with Gasteiger partial charge in [0, 0.05) is 19.0 Å². The lowest BCUT2D eigenvalue weighted by molar-refractivity contribution is -0.152. The van der Waals surface area contributed by atoms with E-state index in [-0.39, 0.29) is 49.3 Å². The van der Waals surface area contributed by atoms with Crippen LogP contribution in [0.25, 0.3) is 0 Å². The number of aliphatic hydroxyl groups is 1. The molecule has 2 bridgehead atoms. The van der Waals surface area contributed by atoms with E-state index in [9.17, 15) is 24.3 Å². The molecular weight excluding hydrogens is 574 g/mol. The second kappa shape index (κ2) is 14.7. The molecule has 3 aliphatic heterocycles. The summed E-state index contributed by atoms with van der Waals surface area (Å²) in [4.78, 5) is 58.6. The molecule has 4 rings (SSSR count). The first-order chi connectivity index (χ1) is 21.5. The fraction of sp³-hybridized carbons (Fsp3) is 0.600. The van der Waals surface area contributed by atoms with Crippen molar-refractivity contribution in [2.24, 2.45) is 17.8 Å². The number of nitrogens with zero attached hydrogens (tertiary/aromatic N) is 2. The molecule has 3 aliphatic rings. The Bertz CT molecular complexity index is 1250. The van der Waals surface area contributed by atoms with Crippen LogP contribution in [-0.2, 0) is 28.7 Å². The van der Waals surface area contributed by atoms with E-state index in [1.165, 1.54) is 4.90 Å². The van der Waals surface area contributed by atoms with E-state index >= 15 is 0 Å². The van der Waals surface area contributed by atoms with Gasteiger partial charge in [-0.15, -0.1) is 13.2 Å². The second-order valence-electron chi connectivity index (χ2n) is 13.1. The summed E-state index contributed by atoms with van der Waals surface area (Å²) in [5.41, 5.74) is -0.443. The third-order valence-electron chi connectivity index (χ3n) is 9.34. The molecule has 3 heterocycles. The normalized spacial score (nSPS) is 26.5. The number of benzene rings is 1. The number of rotatable bonds is 16. The van der Waals surface area contributed by atoms with Crippen LogP contribution in [0.1, 0.15) is 71.4 Å². The number of ether oxygens (including phenoxy) is 2. The highest BCUT2D eigenvalue weighted by Gasteiger charge is 2.75. The Kier molecular flexibility index (Phi) is 11.3. The van der Waals surface area contributed by atoms with Crippen LogP contribution in [0.4, 0.5) is 0 Å². The SMILES string of the molecule is C=CCCC(=O)OC[C@@H](NC(=O)[C@@H]1[C@H]2C(=O)N([C@@H](CO)CC(C)C)[C@H](C(=O)N(CC=C)C(C)C)[C@]23CC[C@H]1O3)c1ccccc1. The maximum absolute atomic E-state index is 14.5. The molecule has 1 aromatic carbocycles. The van der Waals surface area contributed by atoms with E-state index < -0.39 is 47.6 Å². The molecule has 0 aromatic heterocycles. The fourth-order valence-corrected chi connectivity index (χ4v) is 7.38. The van der Waals surface area contributed by atoms with E-state index in [2.05, 4.69) is 18.5 Å². The van der Waals surface area contributed by atoms with Crippen molar-refractivity contribution in [1.29, 1.82) is 0 Å². The summed E-state index contributed by atoms with van der Waals surface area (Å²) in [6, 6.07) is 6.82. The summed E-state index contributed by atoms with van der Waals surface area (Å²) >= 11 is 0. The lowest BCUT2D eigenvalue weighted by Gasteiger charge is -2.40. The van der Waals surface area contributed by atoms with Crippen molar-refractivity contribution >= 4 is 23.7 Å². The molecule has 3 amide bonds. The molecule has 2 N–H and O–H groups in total. The molecule has 0 aliphatic carbocycles. The first-order valence-electron chi connectivity index (χ1n) is 16.1. The van der Waals surface area contributed by atoms with Crippen molar-refractivity contribution in [1.82, 2.24) is 15.1 Å². The van der Waals surface area contributed by atoms with Crippen LogP contribution in [-0.4, -0.2) is 88.2 Å². The van der Waals surface area contributed by atoms with Gasteiger partial charge >= 0.3 is 5.97 Å². The number of allylic oxidation sites excluding steroid dienone is 1. The van der Waals surface area contributed by atoms with Crippen molar-refractivity contribution in [2.75, 3.05) is 19.8 Å². The number of hydrogen-bond donors (Lipinski definition) is 2. The molecule has 3 saturated heterocycles. The van der Waals surface area contributed by atoms with Crippen molar-refractivity contribution in [3.8, 4) is 0 Å². The van der Waals surface area contributed by atoms with E-state index in [0.29, 0.717) is 32.2 Å². The summed E-state index contributed by atoms with van der Waals surface area (Å²) in [5, 5.41) is 13.6. The predicted octanol–water partition coefficient (Wildman–Crippen LogP) is 3.56. The van der Waals surface area contributed by atoms with Crippen molar-refractivity contribution in [3.05, 3.63) is 61.2 Å². The zero-order valence-electron chi connectivity index (χ0n) is 27.0.